The summed E-state index contributed by atoms with van der Waals surface area (Å²) in [4.78, 5) is 6.76. The van der Waals surface area contributed by atoms with E-state index in [1.807, 2.05) is 0 Å². The summed E-state index contributed by atoms with van der Waals surface area (Å²) in [6, 6.07) is 8.33. The molecule has 0 N–H and O–H groups in total. The largest absolute Gasteiger partial charge is 0.437 e. The first-order valence-corrected chi connectivity index (χ1v) is 4.54. The van der Waals surface area contributed by atoms with Gasteiger partial charge in [0.2, 0.25) is 5.88 Å². The second kappa shape index (κ2) is 4.23. The molecule has 3 nitrogen and oxygen atoms in total. The van der Waals surface area contributed by atoms with Crippen molar-refractivity contribution in [1.82, 2.24) is 9.97 Å². The van der Waals surface area contributed by atoms with Gasteiger partial charge in [-0.3, -0.25) is 0 Å². The van der Waals surface area contributed by atoms with Crippen LogP contribution in [-0.4, -0.2) is 9.97 Å². The lowest BCUT2D eigenvalue weighted by molar-refractivity contribution is 0.435. The number of aromatic nitrogens is 2. The van der Waals surface area contributed by atoms with Crippen molar-refractivity contribution >= 4 is 11.6 Å². The third-order valence-corrected chi connectivity index (χ3v) is 1.96. The maximum Gasteiger partial charge on any atom is 0.311 e. The fourth-order valence-corrected chi connectivity index (χ4v) is 1.19. The smallest absolute Gasteiger partial charge is 0.311 e. The molecule has 1 aromatic carbocycles. The van der Waals surface area contributed by atoms with Gasteiger partial charge in [0.25, 0.3) is 0 Å². The Morgan fingerprint density at radius 3 is 2.73 bits per heavy atom. The standard InChI is InChI=1S/C10H6ClFN2O/c11-7-3-1-2-4-8(7)15-9-5-6-13-10(12)14-9/h1-6H. The van der Waals surface area contributed by atoms with Gasteiger partial charge in [0, 0.05) is 12.3 Å². The minimum Gasteiger partial charge on any atom is -0.437 e. The van der Waals surface area contributed by atoms with Crippen LogP contribution in [0.25, 0.3) is 0 Å². The third kappa shape index (κ3) is 2.41. The topological polar surface area (TPSA) is 35.0 Å². The van der Waals surface area contributed by atoms with Crippen molar-refractivity contribution in [2.24, 2.45) is 0 Å². The van der Waals surface area contributed by atoms with E-state index < -0.39 is 6.08 Å². The predicted octanol–water partition coefficient (Wildman–Crippen LogP) is 3.06. The zero-order valence-corrected chi connectivity index (χ0v) is 8.28. The van der Waals surface area contributed by atoms with Crippen LogP contribution in [0.1, 0.15) is 0 Å². The van der Waals surface area contributed by atoms with Crippen LogP contribution in [-0.2, 0) is 0 Å². The lowest BCUT2D eigenvalue weighted by Crippen LogP contribution is -1.92. The Kier molecular flexibility index (Phi) is 2.78. The van der Waals surface area contributed by atoms with Crippen molar-refractivity contribution < 1.29 is 9.13 Å². The molecule has 0 aliphatic heterocycles. The summed E-state index contributed by atoms with van der Waals surface area (Å²) >= 11 is 5.85. The normalized spacial score (nSPS) is 10.0. The van der Waals surface area contributed by atoms with Crippen LogP contribution in [0.5, 0.6) is 11.6 Å². The summed E-state index contributed by atoms with van der Waals surface area (Å²) in [6.07, 6.45) is 0.439. The zero-order chi connectivity index (χ0) is 10.7. The van der Waals surface area contributed by atoms with E-state index in [2.05, 4.69) is 9.97 Å². The average Bonchev–Trinajstić information content (AvgIpc) is 2.22. The first kappa shape index (κ1) is 9.86. The van der Waals surface area contributed by atoms with E-state index in [0.29, 0.717) is 10.8 Å². The molecule has 2 rings (SSSR count). The number of ether oxygens (including phenoxy) is 1. The Morgan fingerprint density at radius 1 is 1.20 bits per heavy atom. The lowest BCUT2D eigenvalue weighted by atomic mass is 10.3. The van der Waals surface area contributed by atoms with Crippen LogP contribution in [0.3, 0.4) is 0 Å². The van der Waals surface area contributed by atoms with Gasteiger partial charge >= 0.3 is 6.08 Å². The van der Waals surface area contributed by atoms with Crippen molar-refractivity contribution in [1.29, 1.82) is 0 Å². The summed E-state index contributed by atoms with van der Waals surface area (Å²) in [6.45, 7) is 0. The summed E-state index contributed by atoms with van der Waals surface area (Å²) in [5, 5.41) is 0.441. The maximum absolute atomic E-state index is 12.6. The average molecular weight is 225 g/mol. The number of nitrogens with zero attached hydrogens (tertiary/aromatic N) is 2. The fourth-order valence-electron chi connectivity index (χ4n) is 1.02. The molecular formula is C10H6ClFN2O. The molecule has 0 saturated heterocycles. The van der Waals surface area contributed by atoms with Crippen molar-refractivity contribution in [2.45, 2.75) is 0 Å². The molecule has 0 aliphatic carbocycles. The van der Waals surface area contributed by atoms with Crippen molar-refractivity contribution in [3.63, 3.8) is 0 Å². The number of rotatable bonds is 2. The molecule has 0 radical (unpaired) electrons. The summed E-state index contributed by atoms with van der Waals surface area (Å²) in [5.41, 5.74) is 0. The molecule has 1 heterocycles. The van der Waals surface area contributed by atoms with E-state index in [1.165, 1.54) is 12.3 Å². The Labute approximate surface area is 90.5 Å². The zero-order valence-electron chi connectivity index (χ0n) is 7.52. The van der Waals surface area contributed by atoms with Crippen molar-refractivity contribution in [3.8, 4) is 11.6 Å². The maximum atomic E-state index is 12.6. The molecule has 0 fully saturated rings. The SMILES string of the molecule is Fc1nccc(Oc2ccccc2Cl)n1. The molecule has 0 amide bonds. The molecule has 0 aliphatic rings. The van der Waals surface area contributed by atoms with Gasteiger partial charge < -0.3 is 4.74 Å². The number of hydrogen-bond donors (Lipinski definition) is 0. The molecule has 0 spiro atoms. The summed E-state index contributed by atoms with van der Waals surface area (Å²) in [5.74, 6) is 0.549. The van der Waals surface area contributed by atoms with Crippen LogP contribution in [0.15, 0.2) is 36.5 Å². The first-order chi connectivity index (χ1) is 7.25. The van der Waals surface area contributed by atoms with Crippen LogP contribution < -0.4 is 4.74 Å². The summed E-state index contributed by atoms with van der Waals surface area (Å²) in [7, 11) is 0. The molecule has 76 valence electrons. The number of benzene rings is 1. The Morgan fingerprint density at radius 2 is 2.00 bits per heavy atom. The summed E-state index contributed by atoms with van der Waals surface area (Å²) < 4.78 is 17.9. The lowest BCUT2D eigenvalue weighted by Gasteiger charge is -2.05. The molecule has 1 aromatic heterocycles. The van der Waals surface area contributed by atoms with E-state index in [9.17, 15) is 4.39 Å². The van der Waals surface area contributed by atoms with Crippen molar-refractivity contribution in [2.75, 3.05) is 0 Å². The Balaban J connectivity index is 2.26. The highest BCUT2D eigenvalue weighted by Crippen LogP contribution is 2.27. The fraction of sp³-hybridized carbons (Fsp3) is 0. The highest BCUT2D eigenvalue weighted by Gasteiger charge is 2.03. The third-order valence-electron chi connectivity index (χ3n) is 1.65. The highest BCUT2D eigenvalue weighted by atomic mass is 35.5. The molecule has 0 bridgehead atoms. The van der Waals surface area contributed by atoms with Gasteiger partial charge in [0.05, 0.1) is 5.02 Å². The highest BCUT2D eigenvalue weighted by molar-refractivity contribution is 6.32. The van der Waals surface area contributed by atoms with E-state index in [0.717, 1.165) is 0 Å². The van der Waals surface area contributed by atoms with Gasteiger partial charge in [0.1, 0.15) is 5.75 Å². The van der Waals surface area contributed by atoms with Gasteiger partial charge in [-0.25, -0.2) is 4.98 Å². The number of halogens is 2. The molecule has 15 heavy (non-hydrogen) atoms. The molecular weight excluding hydrogens is 219 g/mol. The van der Waals surface area contributed by atoms with Crippen LogP contribution in [0, 0.1) is 6.08 Å². The minimum absolute atomic E-state index is 0.121. The minimum atomic E-state index is -0.834. The number of para-hydroxylation sites is 1. The monoisotopic (exact) mass is 224 g/mol. The van der Waals surface area contributed by atoms with E-state index in [4.69, 9.17) is 16.3 Å². The van der Waals surface area contributed by atoms with Gasteiger partial charge in [-0.15, -0.1) is 0 Å². The van der Waals surface area contributed by atoms with Crippen LogP contribution in [0.4, 0.5) is 4.39 Å². The van der Waals surface area contributed by atoms with Crippen molar-refractivity contribution in [3.05, 3.63) is 47.6 Å². The second-order valence-corrected chi connectivity index (χ2v) is 3.10. The Hall–Kier alpha value is -1.68. The van der Waals surface area contributed by atoms with E-state index >= 15 is 0 Å². The first-order valence-electron chi connectivity index (χ1n) is 4.16. The van der Waals surface area contributed by atoms with Gasteiger partial charge in [0.15, 0.2) is 0 Å². The predicted molar refractivity (Wildman–Crippen MR) is 53.5 cm³/mol. The van der Waals surface area contributed by atoms with E-state index in [-0.39, 0.29) is 5.88 Å². The Bertz CT molecular complexity index is 478. The van der Waals surface area contributed by atoms with Crippen LogP contribution >= 0.6 is 11.6 Å². The molecule has 0 atom stereocenters. The molecule has 2 aromatic rings. The number of hydrogen-bond acceptors (Lipinski definition) is 3. The molecule has 0 unspecified atom stereocenters. The van der Waals surface area contributed by atoms with Gasteiger partial charge in [-0.2, -0.15) is 9.37 Å². The second-order valence-electron chi connectivity index (χ2n) is 2.70. The molecule has 5 heteroatoms. The van der Waals surface area contributed by atoms with E-state index in [1.54, 1.807) is 24.3 Å². The van der Waals surface area contributed by atoms with Gasteiger partial charge in [-0.05, 0) is 12.1 Å². The van der Waals surface area contributed by atoms with Crippen LogP contribution in [0.2, 0.25) is 5.02 Å². The molecule has 0 saturated carbocycles. The quantitative estimate of drug-likeness (QED) is 0.736. The van der Waals surface area contributed by atoms with Gasteiger partial charge in [-0.1, -0.05) is 23.7 Å².